The van der Waals surface area contributed by atoms with Crippen molar-refractivity contribution in [2.24, 2.45) is 4.99 Å². The molecule has 2 heterocycles. The van der Waals surface area contributed by atoms with E-state index in [1.54, 1.807) is 0 Å². The van der Waals surface area contributed by atoms with Crippen LogP contribution in [0, 0.1) is 0 Å². The van der Waals surface area contributed by atoms with Gasteiger partial charge < -0.3 is 9.64 Å². The molecule has 0 bridgehead atoms. The molecule has 0 aromatic heterocycles. The van der Waals surface area contributed by atoms with E-state index >= 15 is 0 Å². The van der Waals surface area contributed by atoms with Crippen LogP contribution in [0.2, 0.25) is 0 Å². The maximum Gasteiger partial charge on any atom is 0.212 e. The summed E-state index contributed by atoms with van der Waals surface area (Å²) in [6, 6.07) is 10.5. The molecule has 3 heteroatoms. The first-order chi connectivity index (χ1) is 8.79. The fourth-order valence-electron chi connectivity index (χ4n) is 3.10. The zero-order valence-electron chi connectivity index (χ0n) is 12.4. The quantitative estimate of drug-likeness (QED) is 0.761. The summed E-state index contributed by atoms with van der Waals surface area (Å²) in [5.74, 6) is 0.881. The highest BCUT2D eigenvalue weighted by Gasteiger charge is 2.71. The van der Waals surface area contributed by atoms with Crippen molar-refractivity contribution in [2.45, 2.75) is 51.2 Å². The third-order valence-electron chi connectivity index (χ3n) is 4.54. The van der Waals surface area contributed by atoms with Gasteiger partial charge in [-0.05, 0) is 46.8 Å². The Hall–Kier alpha value is -1.51. The summed E-state index contributed by atoms with van der Waals surface area (Å²) in [5.41, 5.74) is 1.03. The van der Waals surface area contributed by atoms with E-state index in [-0.39, 0.29) is 16.6 Å². The van der Waals surface area contributed by atoms with Crippen molar-refractivity contribution in [3.8, 4) is 0 Å². The zero-order valence-corrected chi connectivity index (χ0v) is 12.4. The summed E-state index contributed by atoms with van der Waals surface area (Å²) in [4.78, 5) is 7.17. The molecular weight excluding hydrogens is 236 g/mol. The smallest absolute Gasteiger partial charge is 0.212 e. The van der Waals surface area contributed by atoms with E-state index in [1.165, 1.54) is 5.69 Å². The predicted octanol–water partition coefficient (Wildman–Crippen LogP) is 3.25. The molecule has 1 atom stereocenters. The normalized spacial score (nSPS) is 30.8. The van der Waals surface area contributed by atoms with E-state index in [0.29, 0.717) is 6.61 Å². The summed E-state index contributed by atoms with van der Waals surface area (Å²) in [7, 11) is 0. The van der Waals surface area contributed by atoms with Crippen LogP contribution in [0.3, 0.4) is 0 Å². The first kappa shape index (κ1) is 12.5. The Bertz CT molecular complexity index is 533. The van der Waals surface area contributed by atoms with Crippen LogP contribution in [0.1, 0.15) is 34.6 Å². The summed E-state index contributed by atoms with van der Waals surface area (Å²) in [6.07, 6.45) is 0. The minimum absolute atomic E-state index is 0.0353. The van der Waals surface area contributed by atoms with Crippen molar-refractivity contribution in [2.75, 3.05) is 11.5 Å². The topological polar surface area (TPSA) is 24.6 Å². The van der Waals surface area contributed by atoms with Crippen LogP contribution in [-0.4, -0.2) is 29.1 Å². The predicted molar refractivity (Wildman–Crippen MR) is 78.9 cm³/mol. The van der Waals surface area contributed by atoms with Gasteiger partial charge >= 0.3 is 0 Å². The van der Waals surface area contributed by atoms with Crippen LogP contribution >= 0.6 is 0 Å². The highest BCUT2D eigenvalue weighted by Crippen LogP contribution is 2.55. The second kappa shape index (κ2) is 3.53. The third-order valence-corrected chi connectivity index (χ3v) is 4.54. The number of para-hydroxylation sites is 1. The number of ether oxygens (including phenoxy) is 1. The van der Waals surface area contributed by atoms with Crippen LogP contribution in [0.25, 0.3) is 0 Å². The van der Waals surface area contributed by atoms with E-state index in [1.807, 2.05) is 6.07 Å². The van der Waals surface area contributed by atoms with Crippen molar-refractivity contribution < 1.29 is 4.74 Å². The van der Waals surface area contributed by atoms with Crippen LogP contribution in [0.15, 0.2) is 35.3 Å². The monoisotopic (exact) mass is 258 g/mol. The van der Waals surface area contributed by atoms with Gasteiger partial charge in [-0.2, -0.15) is 0 Å². The van der Waals surface area contributed by atoms with Gasteiger partial charge in [-0.3, -0.25) is 0 Å². The lowest BCUT2D eigenvalue weighted by molar-refractivity contribution is 0.269. The van der Waals surface area contributed by atoms with Gasteiger partial charge in [0.15, 0.2) is 0 Å². The summed E-state index contributed by atoms with van der Waals surface area (Å²) in [6.45, 7) is 11.6. The van der Waals surface area contributed by atoms with E-state index in [2.05, 4.69) is 63.8 Å². The molecule has 102 valence electrons. The van der Waals surface area contributed by atoms with Gasteiger partial charge in [0.05, 0.1) is 11.1 Å². The fraction of sp³-hybridized carbons (Fsp3) is 0.562. The zero-order chi connectivity index (χ0) is 13.9. The molecule has 0 radical (unpaired) electrons. The Morgan fingerprint density at radius 1 is 1.05 bits per heavy atom. The molecule has 0 unspecified atom stereocenters. The van der Waals surface area contributed by atoms with Crippen LogP contribution in [0.5, 0.6) is 0 Å². The maximum absolute atomic E-state index is 5.89. The van der Waals surface area contributed by atoms with Crippen LogP contribution < -0.4 is 4.90 Å². The number of anilines is 1. The van der Waals surface area contributed by atoms with Gasteiger partial charge in [-0.1, -0.05) is 18.2 Å². The molecule has 3 rings (SSSR count). The van der Waals surface area contributed by atoms with Crippen molar-refractivity contribution in [3.05, 3.63) is 30.3 Å². The Labute approximate surface area is 115 Å². The molecule has 1 aromatic rings. The number of benzene rings is 1. The second-order valence-corrected chi connectivity index (χ2v) is 6.82. The van der Waals surface area contributed by atoms with Gasteiger partial charge in [-0.25, -0.2) is 4.99 Å². The molecule has 0 saturated carbocycles. The molecule has 0 amide bonds. The van der Waals surface area contributed by atoms with E-state index in [9.17, 15) is 0 Å². The number of hydrogen-bond donors (Lipinski definition) is 0. The van der Waals surface area contributed by atoms with Gasteiger partial charge in [0, 0.05) is 5.69 Å². The average Bonchev–Trinajstić information content (AvgIpc) is 2.64. The molecular formula is C16H22N2O. The van der Waals surface area contributed by atoms with Gasteiger partial charge in [0.1, 0.15) is 12.1 Å². The summed E-state index contributed by atoms with van der Waals surface area (Å²) in [5, 5.41) is 0. The lowest BCUT2D eigenvalue weighted by atomic mass is 9.98. The summed E-state index contributed by atoms with van der Waals surface area (Å²) >= 11 is 0. The molecule has 0 aliphatic carbocycles. The largest absolute Gasteiger partial charge is 0.477 e. The van der Waals surface area contributed by atoms with Crippen molar-refractivity contribution in [1.29, 1.82) is 0 Å². The Kier molecular flexibility index (Phi) is 2.32. The van der Waals surface area contributed by atoms with Crippen molar-refractivity contribution >= 4 is 11.6 Å². The fourth-order valence-corrected chi connectivity index (χ4v) is 3.10. The minimum Gasteiger partial charge on any atom is -0.477 e. The average molecular weight is 258 g/mol. The molecule has 1 saturated heterocycles. The SMILES string of the molecule is CC1(C)COC([C@@]2(C)N(c3ccccc3)C2(C)C)=N1. The van der Waals surface area contributed by atoms with Gasteiger partial charge in [0.25, 0.3) is 0 Å². The Morgan fingerprint density at radius 2 is 1.68 bits per heavy atom. The van der Waals surface area contributed by atoms with E-state index in [0.717, 1.165) is 5.90 Å². The van der Waals surface area contributed by atoms with Crippen LogP contribution in [0.4, 0.5) is 5.69 Å². The van der Waals surface area contributed by atoms with Crippen molar-refractivity contribution in [3.63, 3.8) is 0 Å². The molecule has 2 aliphatic rings. The Morgan fingerprint density at radius 3 is 2.21 bits per heavy atom. The third kappa shape index (κ3) is 1.60. The second-order valence-electron chi connectivity index (χ2n) is 6.82. The van der Waals surface area contributed by atoms with Crippen LogP contribution in [-0.2, 0) is 4.74 Å². The molecule has 19 heavy (non-hydrogen) atoms. The standard InChI is InChI=1S/C16H22N2O/c1-14(2)11-19-13(17-14)16(5)15(3,4)18(16)12-9-7-6-8-10-12/h6-10H,11H2,1-5H3/t16-,18?/m1/s1. The molecule has 2 aliphatic heterocycles. The molecule has 0 spiro atoms. The van der Waals surface area contributed by atoms with Gasteiger partial charge in [-0.15, -0.1) is 0 Å². The highest BCUT2D eigenvalue weighted by atomic mass is 16.5. The Balaban J connectivity index is 1.98. The molecule has 3 nitrogen and oxygen atoms in total. The number of aliphatic imine (C=N–C) groups is 1. The van der Waals surface area contributed by atoms with E-state index < -0.39 is 0 Å². The van der Waals surface area contributed by atoms with Crippen molar-refractivity contribution in [1.82, 2.24) is 0 Å². The number of rotatable bonds is 2. The lowest BCUT2D eigenvalue weighted by Crippen LogP contribution is -2.29. The molecule has 1 aromatic carbocycles. The lowest BCUT2D eigenvalue weighted by Gasteiger charge is -2.12. The number of hydrogen-bond acceptors (Lipinski definition) is 3. The molecule has 1 fully saturated rings. The summed E-state index contributed by atoms with van der Waals surface area (Å²) < 4.78 is 5.89. The number of nitrogens with zero attached hydrogens (tertiary/aromatic N) is 2. The first-order valence-electron chi connectivity index (χ1n) is 6.88. The maximum atomic E-state index is 5.89. The molecule has 0 N–H and O–H groups in total. The first-order valence-corrected chi connectivity index (χ1v) is 6.88. The van der Waals surface area contributed by atoms with E-state index in [4.69, 9.17) is 9.73 Å². The van der Waals surface area contributed by atoms with Gasteiger partial charge in [0.2, 0.25) is 5.90 Å². The highest BCUT2D eigenvalue weighted by molar-refractivity contribution is 6.00. The minimum atomic E-state index is -0.137.